The van der Waals surface area contributed by atoms with Crippen LogP contribution in [0.1, 0.15) is 0 Å². The fourth-order valence-electron chi connectivity index (χ4n) is 2.52. The zero-order valence-corrected chi connectivity index (χ0v) is 17.3. The zero-order chi connectivity index (χ0) is 18.5. The van der Waals surface area contributed by atoms with Crippen LogP contribution in [0.15, 0.2) is 40.2 Å². The average molecular weight is 389 g/mol. The number of amides is 1. The molecule has 0 bridgehead atoms. The van der Waals surface area contributed by atoms with Crippen LogP contribution in [0, 0.1) is 0 Å². The molecule has 1 aromatic carbocycles. The number of sulfonamides is 1. The lowest BCUT2D eigenvalue weighted by Crippen LogP contribution is -2.53. The van der Waals surface area contributed by atoms with Crippen molar-refractivity contribution in [1.82, 2.24) is 9.73 Å². The third-order valence-corrected chi connectivity index (χ3v) is 7.68. The van der Waals surface area contributed by atoms with E-state index < -0.39 is 18.1 Å². The minimum absolute atomic E-state index is 0.0436. The van der Waals surface area contributed by atoms with Crippen LogP contribution in [-0.4, -0.2) is 53.1 Å². The van der Waals surface area contributed by atoms with Crippen LogP contribution in [0.5, 0.6) is 0 Å². The van der Waals surface area contributed by atoms with E-state index in [-0.39, 0.29) is 15.4 Å². The van der Waals surface area contributed by atoms with Gasteiger partial charge in [-0.1, -0.05) is 31.2 Å². The molecule has 6 nitrogen and oxygen atoms in total. The fourth-order valence-corrected chi connectivity index (χ4v) is 5.68. The summed E-state index contributed by atoms with van der Waals surface area (Å²) in [4.78, 5) is 12.9. The normalized spacial score (nSPS) is 18.3. The van der Waals surface area contributed by atoms with Gasteiger partial charge < -0.3 is 0 Å². The maximum absolute atomic E-state index is 12.8. The third-order valence-electron chi connectivity index (χ3n) is 4.13. The predicted molar refractivity (Wildman–Crippen MR) is 97.0 cm³/mol. The molecule has 132 valence electrons. The SMILES string of the molecule is CN1C(NS(=O)(=O)c2ccc(Cl)cc2)=C([Si](C)(C)C)C(=O)[N+]1(C)C. The van der Waals surface area contributed by atoms with Crippen molar-refractivity contribution in [1.29, 1.82) is 0 Å². The predicted octanol–water partition coefficient (Wildman–Crippen LogP) is 2.17. The summed E-state index contributed by atoms with van der Waals surface area (Å²) in [5, 5.41) is 2.71. The van der Waals surface area contributed by atoms with Crippen molar-refractivity contribution in [3.63, 3.8) is 0 Å². The summed E-state index contributed by atoms with van der Waals surface area (Å²) in [5.41, 5.74) is 0. The van der Waals surface area contributed by atoms with E-state index in [0.29, 0.717) is 16.0 Å². The van der Waals surface area contributed by atoms with Crippen LogP contribution in [0.2, 0.25) is 24.7 Å². The van der Waals surface area contributed by atoms with Crippen molar-refractivity contribution in [3.8, 4) is 0 Å². The number of quaternary nitrogens is 1. The van der Waals surface area contributed by atoms with Gasteiger partial charge in [-0.15, -0.1) is 0 Å². The smallest absolute Gasteiger partial charge is 0.261 e. The largest absolute Gasteiger partial charge is 0.365 e. The molecule has 0 unspecified atom stereocenters. The minimum atomic E-state index is -3.81. The van der Waals surface area contributed by atoms with Crippen molar-refractivity contribution in [2.24, 2.45) is 0 Å². The van der Waals surface area contributed by atoms with E-state index in [2.05, 4.69) is 4.72 Å². The topological polar surface area (TPSA) is 66.5 Å². The van der Waals surface area contributed by atoms with Gasteiger partial charge in [0.25, 0.3) is 10.0 Å². The third kappa shape index (κ3) is 3.23. The molecule has 0 aliphatic carbocycles. The maximum atomic E-state index is 12.8. The van der Waals surface area contributed by atoms with Gasteiger partial charge in [0.2, 0.25) is 0 Å². The molecule has 0 saturated carbocycles. The van der Waals surface area contributed by atoms with Crippen LogP contribution in [-0.2, 0) is 14.8 Å². The molecule has 1 heterocycles. The Labute approximate surface area is 149 Å². The van der Waals surface area contributed by atoms with Crippen molar-refractivity contribution in [3.05, 3.63) is 40.3 Å². The second-order valence-electron chi connectivity index (χ2n) is 7.26. The molecule has 0 fully saturated rings. The number of likely N-dealkylation sites (N-methyl/N-ethyl adjacent to an activating group) is 1. The number of nitrogens with one attached hydrogen (secondary N) is 1. The lowest BCUT2D eigenvalue weighted by Gasteiger charge is -2.31. The van der Waals surface area contributed by atoms with Crippen molar-refractivity contribution in [2.45, 2.75) is 24.5 Å². The van der Waals surface area contributed by atoms with Crippen molar-refractivity contribution in [2.75, 3.05) is 21.1 Å². The highest BCUT2D eigenvalue weighted by Gasteiger charge is 2.51. The standard InChI is InChI=1S/C15H22ClN3O3SSi/c1-18-14(13(24(4,5)6)15(20)19(18,2)3)17-23(21,22)12-9-7-11(16)8-10-12/h7-10H,1-6H3/p+1. The molecule has 1 N–H and O–H groups in total. The molecule has 9 heteroatoms. The Bertz CT molecular complexity index is 811. The Hall–Kier alpha value is -1.35. The van der Waals surface area contributed by atoms with E-state index in [1.54, 1.807) is 26.2 Å². The van der Waals surface area contributed by atoms with Crippen LogP contribution >= 0.6 is 11.6 Å². The summed E-state index contributed by atoms with van der Waals surface area (Å²) in [5.74, 6) is 0.282. The number of hydrogen-bond acceptors (Lipinski definition) is 4. The van der Waals surface area contributed by atoms with E-state index in [4.69, 9.17) is 11.6 Å². The zero-order valence-electron chi connectivity index (χ0n) is 14.7. The molecular formula is C15H23ClN3O3SSi+. The van der Waals surface area contributed by atoms with Crippen LogP contribution < -0.4 is 4.72 Å². The first-order chi connectivity index (χ1) is 10.8. The molecule has 1 amide bonds. The minimum Gasteiger partial charge on any atom is -0.261 e. The van der Waals surface area contributed by atoms with E-state index in [9.17, 15) is 13.2 Å². The number of benzene rings is 1. The average Bonchev–Trinajstić information content (AvgIpc) is 2.59. The van der Waals surface area contributed by atoms with Gasteiger partial charge in [0.15, 0.2) is 5.82 Å². The Morgan fingerprint density at radius 3 is 2.08 bits per heavy atom. The quantitative estimate of drug-likeness (QED) is 0.634. The molecule has 1 aromatic rings. The van der Waals surface area contributed by atoms with E-state index in [0.717, 1.165) is 0 Å². The lowest BCUT2D eigenvalue weighted by atomic mass is 10.4. The number of carbonyl (C=O) groups is 1. The van der Waals surface area contributed by atoms with E-state index >= 15 is 0 Å². The monoisotopic (exact) mass is 388 g/mol. The number of nitrogens with zero attached hydrogens (tertiary/aromatic N) is 2. The van der Waals surface area contributed by atoms with Gasteiger partial charge >= 0.3 is 5.91 Å². The van der Waals surface area contributed by atoms with Gasteiger partial charge in [0, 0.05) is 5.02 Å². The number of rotatable bonds is 4. The maximum Gasteiger partial charge on any atom is 0.365 e. The molecule has 1 aliphatic rings. The summed E-state index contributed by atoms with van der Waals surface area (Å²) in [6, 6.07) is 5.92. The van der Waals surface area contributed by atoms with Gasteiger partial charge in [0.1, 0.15) is 0 Å². The van der Waals surface area contributed by atoms with Gasteiger partial charge in [-0.25, -0.2) is 18.2 Å². The Morgan fingerprint density at radius 1 is 1.12 bits per heavy atom. The van der Waals surface area contributed by atoms with E-state index in [1.807, 2.05) is 19.6 Å². The second kappa shape index (κ2) is 5.87. The van der Waals surface area contributed by atoms with Crippen molar-refractivity contribution < 1.29 is 17.8 Å². The lowest BCUT2D eigenvalue weighted by molar-refractivity contribution is -0.918. The molecule has 1 aliphatic heterocycles. The first kappa shape index (κ1) is 19.0. The first-order valence-electron chi connectivity index (χ1n) is 7.44. The molecule has 0 aromatic heterocycles. The van der Waals surface area contributed by atoms with Gasteiger partial charge in [-0.3, -0.25) is 4.72 Å². The van der Waals surface area contributed by atoms with Crippen LogP contribution in [0.3, 0.4) is 0 Å². The Morgan fingerprint density at radius 2 is 1.62 bits per heavy atom. The summed E-state index contributed by atoms with van der Waals surface area (Å²) < 4.78 is 28.0. The highest BCUT2D eigenvalue weighted by Crippen LogP contribution is 2.32. The van der Waals surface area contributed by atoms with Gasteiger partial charge in [-0.2, -0.15) is 4.59 Å². The molecule has 2 rings (SSSR count). The molecular weight excluding hydrogens is 366 g/mol. The van der Waals surface area contributed by atoms with Crippen LogP contribution in [0.25, 0.3) is 0 Å². The Kier molecular flexibility index (Phi) is 4.64. The van der Waals surface area contributed by atoms with Crippen molar-refractivity contribution >= 4 is 35.6 Å². The first-order valence-corrected chi connectivity index (χ1v) is 12.8. The summed E-state index contributed by atoms with van der Waals surface area (Å²) in [7, 11) is -0.677. The number of hydrogen-bond donors (Lipinski definition) is 1. The highest BCUT2D eigenvalue weighted by atomic mass is 35.5. The summed E-state index contributed by atoms with van der Waals surface area (Å²) in [6.45, 7) is 6.07. The second-order valence-corrected chi connectivity index (χ2v) is 14.4. The highest BCUT2D eigenvalue weighted by molar-refractivity contribution is 7.89. The molecule has 0 atom stereocenters. The molecule has 24 heavy (non-hydrogen) atoms. The van der Waals surface area contributed by atoms with Crippen LogP contribution in [0.4, 0.5) is 0 Å². The summed E-state index contributed by atoms with van der Waals surface area (Å²) >= 11 is 5.82. The fraction of sp³-hybridized carbons (Fsp3) is 0.400. The Balaban J connectivity index is 2.54. The molecule has 0 radical (unpaired) electrons. The summed E-state index contributed by atoms with van der Waals surface area (Å²) in [6.07, 6.45) is 0. The molecule has 0 spiro atoms. The van der Waals surface area contributed by atoms with E-state index in [1.165, 1.54) is 24.3 Å². The number of carbonyl (C=O) groups excluding carboxylic acids is 1. The van der Waals surface area contributed by atoms with Gasteiger partial charge in [0.05, 0.1) is 39.3 Å². The molecule has 0 saturated heterocycles. The van der Waals surface area contributed by atoms with Gasteiger partial charge in [-0.05, 0) is 24.3 Å². The number of halogens is 1.